The van der Waals surface area contributed by atoms with E-state index in [1.54, 1.807) is 17.9 Å². The van der Waals surface area contributed by atoms with Crippen LogP contribution in [0.15, 0.2) is 53.5 Å². The minimum Gasteiger partial charge on any atom is -0.497 e. The Morgan fingerprint density at radius 1 is 1.07 bits per heavy atom. The number of amides is 3. The fourth-order valence-electron chi connectivity index (χ4n) is 5.61. The molecule has 0 spiro atoms. The Morgan fingerprint density at radius 3 is 2.36 bits per heavy atom. The molecule has 44 heavy (non-hydrogen) atoms. The maximum absolute atomic E-state index is 15.4. The third-order valence-electron chi connectivity index (χ3n) is 7.98. The van der Waals surface area contributed by atoms with Crippen LogP contribution in [-0.2, 0) is 20.9 Å². The van der Waals surface area contributed by atoms with Crippen molar-refractivity contribution in [2.45, 2.75) is 19.4 Å². The number of nitrogens with one attached hydrogen (secondary N) is 1. The van der Waals surface area contributed by atoms with Gasteiger partial charge in [0.15, 0.2) is 0 Å². The molecule has 2 fully saturated rings. The van der Waals surface area contributed by atoms with Crippen LogP contribution in [0.3, 0.4) is 0 Å². The van der Waals surface area contributed by atoms with Gasteiger partial charge in [-0.05, 0) is 42.8 Å². The fraction of sp³-hybridized carbons (Fsp3) is 0.355. The molecule has 1 N–H and O–H groups in total. The van der Waals surface area contributed by atoms with Crippen molar-refractivity contribution in [2.75, 3.05) is 51.4 Å². The monoisotopic (exact) mass is 628 g/mol. The van der Waals surface area contributed by atoms with E-state index in [1.165, 1.54) is 47.0 Å². The third-order valence-corrected chi connectivity index (χ3v) is 8.23. The molecule has 2 aliphatic heterocycles. The molecule has 3 amide bonds. The SMILES string of the molecule is COc1cc(F)c([C@@H]2CN(c3c(C)ccn(CC(=O)N4CCOCC4)c3=O)C(=O)C2CNC(=O)c2ccc(Cl)cc2)c(F)c1. The average Bonchev–Trinajstić information content (AvgIpc) is 3.32. The van der Waals surface area contributed by atoms with Crippen LogP contribution in [0.1, 0.15) is 27.4 Å². The molecule has 2 atom stereocenters. The zero-order valence-electron chi connectivity index (χ0n) is 24.1. The van der Waals surface area contributed by atoms with Crippen molar-refractivity contribution in [3.63, 3.8) is 0 Å². The Kier molecular flexibility index (Phi) is 9.31. The van der Waals surface area contributed by atoms with Gasteiger partial charge in [0, 0.05) is 66.6 Å². The molecule has 3 aromatic rings. The van der Waals surface area contributed by atoms with E-state index in [2.05, 4.69) is 5.32 Å². The standard InChI is InChI=1S/C31H31ClF2N4O6/c1-18-7-8-37(17-26(39)36-9-11-44-12-10-36)31(42)28(18)38-16-23(27-24(33)13-21(43-2)14-25(27)34)22(30(38)41)15-35-29(40)19-3-5-20(32)6-4-19/h3-8,13-14,22-23H,9-12,15-17H2,1-2H3,(H,35,40)/t22?,23-/m1/s1. The number of methoxy groups -OCH3 is 1. The van der Waals surface area contributed by atoms with Gasteiger partial charge < -0.3 is 29.2 Å². The maximum Gasteiger partial charge on any atom is 0.275 e. The number of aromatic nitrogens is 1. The molecule has 2 aromatic carbocycles. The Hall–Kier alpha value is -4.29. The summed E-state index contributed by atoms with van der Waals surface area (Å²) >= 11 is 5.92. The Bertz CT molecular complexity index is 1620. The number of carbonyl (C=O) groups is 3. The second kappa shape index (κ2) is 13.1. The molecule has 232 valence electrons. The lowest BCUT2D eigenvalue weighted by atomic mass is 9.87. The normalized spacial score (nSPS) is 18.4. The number of pyridine rings is 1. The van der Waals surface area contributed by atoms with Crippen LogP contribution in [0, 0.1) is 24.5 Å². The molecule has 2 saturated heterocycles. The van der Waals surface area contributed by atoms with Crippen molar-refractivity contribution in [3.8, 4) is 5.75 Å². The molecule has 5 rings (SSSR count). The van der Waals surface area contributed by atoms with E-state index in [1.807, 2.05) is 0 Å². The van der Waals surface area contributed by atoms with Gasteiger partial charge in [-0.2, -0.15) is 0 Å². The number of morpholine rings is 1. The second-order valence-electron chi connectivity index (χ2n) is 10.7. The summed E-state index contributed by atoms with van der Waals surface area (Å²) in [4.78, 5) is 56.2. The molecule has 1 unspecified atom stereocenters. The summed E-state index contributed by atoms with van der Waals surface area (Å²) in [6.07, 6.45) is 1.48. The molecular weight excluding hydrogens is 598 g/mol. The highest BCUT2D eigenvalue weighted by Gasteiger charge is 2.45. The smallest absolute Gasteiger partial charge is 0.275 e. The summed E-state index contributed by atoms with van der Waals surface area (Å²) in [7, 11) is 1.27. The number of benzene rings is 2. The molecule has 1 aromatic heterocycles. The van der Waals surface area contributed by atoms with Crippen LogP contribution < -0.4 is 20.5 Å². The average molecular weight is 629 g/mol. The van der Waals surface area contributed by atoms with E-state index < -0.39 is 40.8 Å². The van der Waals surface area contributed by atoms with Crippen molar-refractivity contribution in [1.29, 1.82) is 0 Å². The van der Waals surface area contributed by atoms with E-state index in [-0.39, 0.29) is 48.1 Å². The van der Waals surface area contributed by atoms with Gasteiger partial charge in [-0.25, -0.2) is 8.78 Å². The van der Waals surface area contributed by atoms with Crippen LogP contribution in [0.4, 0.5) is 14.5 Å². The number of hydrogen-bond donors (Lipinski definition) is 1. The molecule has 0 saturated carbocycles. The van der Waals surface area contributed by atoms with Crippen molar-refractivity contribution in [2.24, 2.45) is 5.92 Å². The third kappa shape index (κ3) is 6.31. The molecule has 0 bridgehead atoms. The van der Waals surface area contributed by atoms with Gasteiger partial charge in [0.25, 0.3) is 11.5 Å². The molecule has 3 heterocycles. The minimum absolute atomic E-state index is 0.00173. The fourth-order valence-corrected chi connectivity index (χ4v) is 5.74. The van der Waals surface area contributed by atoms with E-state index in [0.29, 0.717) is 36.9 Å². The number of hydrogen-bond acceptors (Lipinski definition) is 6. The number of carbonyl (C=O) groups excluding carboxylic acids is 3. The first-order valence-electron chi connectivity index (χ1n) is 14.0. The predicted molar refractivity (Wildman–Crippen MR) is 158 cm³/mol. The lowest BCUT2D eigenvalue weighted by Gasteiger charge is -2.27. The summed E-state index contributed by atoms with van der Waals surface area (Å²) < 4.78 is 42.2. The van der Waals surface area contributed by atoms with Crippen LogP contribution in [-0.4, -0.2) is 73.7 Å². The highest BCUT2D eigenvalue weighted by Crippen LogP contribution is 2.39. The highest BCUT2D eigenvalue weighted by molar-refractivity contribution is 6.30. The first kappa shape index (κ1) is 31.1. The van der Waals surface area contributed by atoms with E-state index in [4.69, 9.17) is 21.1 Å². The van der Waals surface area contributed by atoms with Gasteiger partial charge in [-0.15, -0.1) is 0 Å². The molecule has 10 nitrogen and oxygen atoms in total. The molecule has 13 heteroatoms. The quantitative estimate of drug-likeness (QED) is 0.411. The van der Waals surface area contributed by atoms with Crippen LogP contribution >= 0.6 is 11.6 Å². The largest absolute Gasteiger partial charge is 0.497 e. The Balaban J connectivity index is 1.48. The van der Waals surface area contributed by atoms with Gasteiger partial charge in [-0.1, -0.05) is 11.6 Å². The van der Waals surface area contributed by atoms with Gasteiger partial charge in [0.2, 0.25) is 11.8 Å². The van der Waals surface area contributed by atoms with Gasteiger partial charge in [0.1, 0.15) is 29.6 Å². The first-order chi connectivity index (χ1) is 21.1. The topological polar surface area (TPSA) is 110 Å². The van der Waals surface area contributed by atoms with Gasteiger partial charge in [0.05, 0.1) is 26.2 Å². The second-order valence-corrected chi connectivity index (χ2v) is 11.1. The molecular formula is C31H31ClF2N4O6. The van der Waals surface area contributed by atoms with Crippen molar-refractivity contribution in [1.82, 2.24) is 14.8 Å². The zero-order chi connectivity index (χ0) is 31.5. The number of anilines is 1. The summed E-state index contributed by atoms with van der Waals surface area (Å²) in [5.41, 5.74) is -0.234. The number of rotatable bonds is 8. The van der Waals surface area contributed by atoms with Gasteiger partial charge >= 0.3 is 0 Å². The van der Waals surface area contributed by atoms with E-state index in [9.17, 15) is 19.2 Å². The summed E-state index contributed by atoms with van der Waals surface area (Å²) in [5.74, 6) is -5.46. The Labute approximate surface area is 257 Å². The number of nitrogens with zero attached hydrogens (tertiary/aromatic N) is 3. The molecule has 0 radical (unpaired) electrons. The summed E-state index contributed by atoms with van der Waals surface area (Å²) in [6, 6.07) is 9.74. The van der Waals surface area contributed by atoms with E-state index >= 15 is 8.78 Å². The number of aryl methyl sites for hydroxylation is 1. The maximum atomic E-state index is 15.4. The predicted octanol–water partition coefficient (Wildman–Crippen LogP) is 3.13. The first-order valence-corrected chi connectivity index (χ1v) is 14.4. The summed E-state index contributed by atoms with van der Waals surface area (Å²) in [6.45, 7) is 2.49. The minimum atomic E-state index is -1.12. The highest BCUT2D eigenvalue weighted by atomic mass is 35.5. The molecule has 0 aliphatic carbocycles. The van der Waals surface area contributed by atoms with Crippen molar-refractivity contribution in [3.05, 3.63) is 92.4 Å². The van der Waals surface area contributed by atoms with Crippen LogP contribution in [0.5, 0.6) is 5.75 Å². The Morgan fingerprint density at radius 2 is 1.73 bits per heavy atom. The lowest BCUT2D eigenvalue weighted by molar-refractivity contribution is -0.135. The molecule has 2 aliphatic rings. The van der Waals surface area contributed by atoms with Crippen molar-refractivity contribution >= 4 is 35.0 Å². The van der Waals surface area contributed by atoms with E-state index in [0.717, 1.165) is 12.1 Å². The number of halogens is 3. The summed E-state index contributed by atoms with van der Waals surface area (Å²) in [5, 5.41) is 3.12. The van der Waals surface area contributed by atoms with Crippen LogP contribution in [0.25, 0.3) is 0 Å². The van der Waals surface area contributed by atoms with Crippen LogP contribution in [0.2, 0.25) is 5.02 Å². The lowest BCUT2D eigenvalue weighted by Crippen LogP contribution is -2.44. The number of ether oxygens (including phenoxy) is 2. The van der Waals surface area contributed by atoms with Crippen molar-refractivity contribution < 1.29 is 32.6 Å². The zero-order valence-corrected chi connectivity index (χ0v) is 24.9. The van der Waals surface area contributed by atoms with Gasteiger partial charge in [-0.3, -0.25) is 19.2 Å².